The number of aliphatic hydroxyl groups excluding tert-OH is 1. The SMILES string of the molecule is O=C(Nc1cccc(S(=O)(=O)C2CCCC2)c1)c1ncc(NC2(CO)CC2)nc1N1CCC2(CC1)CC2. The molecule has 2 aromatic rings. The van der Waals surface area contributed by atoms with Crippen molar-refractivity contribution >= 4 is 33.1 Å². The van der Waals surface area contributed by atoms with Crippen LogP contribution in [0.2, 0.25) is 0 Å². The fourth-order valence-electron chi connectivity index (χ4n) is 5.77. The van der Waals surface area contributed by atoms with Gasteiger partial charge in [0.25, 0.3) is 5.91 Å². The van der Waals surface area contributed by atoms with E-state index in [-0.39, 0.29) is 28.0 Å². The van der Waals surface area contributed by atoms with Crippen molar-refractivity contribution in [3.63, 3.8) is 0 Å². The summed E-state index contributed by atoms with van der Waals surface area (Å²) in [7, 11) is -3.43. The zero-order valence-corrected chi connectivity index (χ0v) is 21.9. The van der Waals surface area contributed by atoms with Gasteiger partial charge in [-0.2, -0.15) is 0 Å². The van der Waals surface area contributed by atoms with Crippen LogP contribution in [0.25, 0.3) is 0 Å². The number of piperidine rings is 1. The number of amides is 1. The van der Waals surface area contributed by atoms with Crippen LogP contribution in [-0.4, -0.2) is 59.9 Å². The molecule has 1 spiro atoms. The lowest BCUT2D eigenvalue weighted by Crippen LogP contribution is -2.37. The van der Waals surface area contributed by atoms with Crippen LogP contribution in [0, 0.1) is 5.41 Å². The van der Waals surface area contributed by atoms with Gasteiger partial charge in [-0.1, -0.05) is 18.9 Å². The Balaban J connectivity index is 1.25. The second-order valence-electron chi connectivity index (χ2n) is 11.4. The highest BCUT2D eigenvalue weighted by molar-refractivity contribution is 7.92. The van der Waals surface area contributed by atoms with Crippen LogP contribution in [0.1, 0.15) is 74.7 Å². The summed E-state index contributed by atoms with van der Waals surface area (Å²) < 4.78 is 26.2. The summed E-state index contributed by atoms with van der Waals surface area (Å²) >= 11 is 0. The van der Waals surface area contributed by atoms with Crippen molar-refractivity contribution in [2.24, 2.45) is 5.41 Å². The minimum absolute atomic E-state index is 0.0264. The van der Waals surface area contributed by atoms with Gasteiger partial charge in [-0.15, -0.1) is 0 Å². The first-order chi connectivity index (χ1) is 17.8. The van der Waals surface area contributed by atoms with E-state index in [1.54, 1.807) is 30.5 Å². The van der Waals surface area contributed by atoms with Crippen LogP contribution < -0.4 is 15.5 Å². The van der Waals surface area contributed by atoms with E-state index in [1.165, 1.54) is 12.8 Å². The predicted octanol–water partition coefficient (Wildman–Crippen LogP) is 3.76. The third kappa shape index (κ3) is 4.93. The minimum Gasteiger partial charge on any atom is -0.394 e. The van der Waals surface area contributed by atoms with Gasteiger partial charge in [0.1, 0.15) is 5.82 Å². The maximum atomic E-state index is 13.4. The lowest BCUT2D eigenvalue weighted by molar-refractivity contribution is 0.102. The molecule has 0 radical (unpaired) electrons. The number of hydrogen-bond donors (Lipinski definition) is 3. The Kier molecular flexibility index (Phi) is 6.14. The summed E-state index contributed by atoms with van der Waals surface area (Å²) in [4.78, 5) is 25.1. The number of rotatable bonds is 8. The van der Waals surface area contributed by atoms with Crippen molar-refractivity contribution < 1.29 is 18.3 Å². The molecule has 6 rings (SSSR count). The largest absolute Gasteiger partial charge is 0.394 e. The van der Waals surface area contributed by atoms with Gasteiger partial charge in [-0.3, -0.25) is 4.79 Å². The number of carbonyl (C=O) groups is 1. The number of anilines is 3. The van der Waals surface area contributed by atoms with Crippen LogP contribution in [0.4, 0.5) is 17.3 Å². The van der Waals surface area contributed by atoms with E-state index in [0.29, 0.717) is 35.6 Å². The number of sulfone groups is 1. The molecule has 0 atom stereocenters. The number of carbonyl (C=O) groups excluding carboxylic acids is 1. The van der Waals surface area contributed by atoms with E-state index in [2.05, 4.69) is 20.5 Å². The standard InChI is InChI=1S/C27H35N5O4S/c33-18-27(10-11-27)31-22-17-28-23(24(30-22)32-14-12-26(8-9-26)13-15-32)25(34)29-19-4-3-7-21(16-19)37(35,36)20-5-1-2-6-20/h3-4,7,16-17,20,33H,1-2,5-6,8-15,18H2,(H,29,34)(H,30,31). The van der Waals surface area contributed by atoms with Crippen LogP contribution in [0.15, 0.2) is 35.4 Å². The number of benzene rings is 1. The molecule has 1 saturated heterocycles. The predicted molar refractivity (Wildman–Crippen MR) is 142 cm³/mol. The van der Waals surface area contributed by atoms with Gasteiger partial charge in [-0.05, 0) is 75.0 Å². The van der Waals surface area contributed by atoms with Crippen molar-refractivity contribution in [3.05, 3.63) is 36.2 Å². The zero-order chi connectivity index (χ0) is 25.7. The van der Waals surface area contributed by atoms with Crippen LogP contribution in [0.3, 0.4) is 0 Å². The molecule has 3 aliphatic carbocycles. The van der Waals surface area contributed by atoms with E-state index >= 15 is 0 Å². The Bertz CT molecular complexity index is 1290. The number of hydrogen-bond acceptors (Lipinski definition) is 8. The van der Waals surface area contributed by atoms with Gasteiger partial charge in [0.15, 0.2) is 21.3 Å². The third-order valence-electron chi connectivity index (χ3n) is 8.76. The van der Waals surface area contributed by atoms with Gasteiger partial charge in [0.05, 0.1) is 28.5 Å². The zero-order valence-electron chi connectivity index (χ0n) is 21.1. The summed E-state index contributed by atoms with van der Waals surface area (Å²) in [5, 5.41) is 15.6. The summed E-state index contributed by atoms with van der Waals surface area (Å²) in [5.74, 6) is 0.662. The molecule has 4 aliphatic rings. The van der Waals surface area contributed by atoms with Crippen molar-refractivity contribution in [1.29, 1.82) is 0 Å². The minimum atomic E-state index is -3.43. The lowest BCUT2D eigenvalue weighted by Gasteiger charge is -2.33. The Morgan fingerprint density at radius 3 is 2.46 bits per heavy atom. The number of nitrogens with one attached hydrogen (secondary N) is 2. The monoisotopic (exact) mass is 525 g/mol. The Hall–Kier alpha value is -2.72. The molecule has 4 fully saturated rings. The van der Waals surface area contributed by atoms with Gasteiger partial charge < -0.3 is 20.6 Å². The molecule has 1 aliphatic heterocycles. The van der Waals surface area contributed by atoms with Gasteiger partial charge >= 0.3 is 0 Å². The molecule has 2 heterocycles. The average molecular weight is 526 g/mol. The van der Waals surface area contributed by atoms with Crippen molar-refractivity contribution in [1.82, 2.24) is 9.97 Å². The number of aromatic nitrogens is 2. The summed E-state index contributed by atoms with van der Waals surface area (Å²) in [6, 6.07) is 6.51. The third-order valence-corrected chi connectivity index (χ3v) is 11.0. The second kappa shape index (κ2) is 9.23. The second-order valence-corrected chi connectivity index (χ2v) is 13.6. The summed E-state index contributed by atoms with van der Waals surface area (Å²) in [6.45, 7) is 1.66. The van der Waals surface area contributed by atoms with E-state index in [9.17, 15) is 18.3 Å². The van der Waals surface area contributed by atoms with E-state index in [1.807, 2.05) is 0 Å². The molecular weight excluding hydrogens is 490 g/mol. The highest BCUT2D eigenvalue weighted by atomic mass is 32.2. The Morgan fingerprint density at radius 2 is 1.81 bits per heavy atom. The van der Waals surface area contributed by atoms with Crippen LogP contribution in [-0.2, 0) is 9.84 Å². The van der Waals surface area contributed by atoms with Crippen LogP contribution in [0.5, 0.6) is 0 Å². The quantitative estimate of drug-likeness (QED) is 0.476. The molecule has 198 valence electrons. The molecule has 1 amide bonds. The van der Waals surface area contributed by atoms with Gasteiger partial charge in [0.2, 0.25) is 0 Å². The summed E-state index contributed by atoms with van der Waals surface area (Å²) in [5.41, 5.74) is 0.769. The average Bonchev–Trinajstić information content (AvgIpc) is 3.79. The molecule has 1 aromatic heterocycles. The molecule has 3 N–H and O–H groups in total. The highest BCUT2D eigenvalue weighted by Gasteiger charge is 2.45. The molecule has 0 bridgehead atoms. The van der Waals surface area contributed by atoms with Crippen molar-refractivity contribution in [2.75, 3.05) is 35.2 Å². The van der Waals surface area contributed by atoms with Crippen molar-refractivity contribution in [3.8, 4) is 0 Å². The Morgan fingerprint density at radius 1 is 1.08 bits per heavy atom. The molecular formula is C27H35N5O4S. The summed E-state index contributed by atoms with van der Waals surface area (Å²) in [6.07, 6.45) is 11.2. The van der Waals surface area contributed by atoms with E-state index < -0.39 is 15.7 Å². The molecule has 10 heteroatoms. The maximum Gasteiger partial charge on any atom is 0.278 e. The first-order valence-corrected chi connectivity index (χ1v) is 15.0. The smallest absolute Gasteiger partial charge is 0.278 e. The fraction of sp³-hybridized carbons (Fsp3) is 0.593. The molecule has 9 nitrogen and oxygen atoms in total. The van der Waals surface area contributed by atoms with Gasteiger partial charge in [-0.25, -0.2) is 18.4 Å². The van der Waals surface area contributed by atoms with Crippen LogP contribution >= 0.6 is 0 Å². The molecule has 3 saturated carbocycles. The van der Waals surface area contributed by atoms with Gasteiger partial charge in [0, 0.05) is 18.8 Å². The number of aliphatic hydroxyl groups is 1. The fourth-order valence-corrected chi connectivity index (χ4v) is 7.67. The first kappa shape index (κ1) is 24.6. The van der Waals surface area contributed by atoms with E-state index in [0.717, 1.165) is 51.6 Å². The topological polar surface area (TPSA) is 125 Å². The molecule has 1 aromatic carbocycles. The number of nitrogens with zero attached hydrogens (tertiary/aromatic N) is 3. The molecule has 0 unspecified atom stereocenters. The maximum absolute atomic E-state index is 13.4. The normalized spacial score (nSPS) is 22.1. The first-order valence-electron chi connectivity index (χ1n) is 13.5. The van der Waals surface area contributed by atoms with Crippen molar-refractivity contribution in [2.45, 2.75) is 79.9 Å². The Labute approximate surface area is 218 Å². The highest BCUT2D eigenvalue weighted by Crippen LogP contribution is 2.54. The molecule has 37 heavy (non-hydrogen) atoms. The lowest BCUT2D eigenvalue weighted by atomic mass is 9.93. The van der Waals surface area contributed by atoms with E-state index in [4.69, 9.17) is 4.98 Å².